The summed E-state index contributed by atoms with van der Waals surface area (Å²) in [5.41, 5.74) is 9.15. The normalized spacial score (nSPS) is 11.6. The van der Waals surface area contributed by atoms with Gasteiger partial charge in [-0.05, 0) is 24.3 Å². The van der Waals surface area contributed by atoms with Crippen molar-refractivity contribution in [3.8, 4) is 0 Å². The van der Waals surface area contributed by atoms with Gasteiger partial charge in [-0.15, -0.1) is 5.10 Å². The van der Waals surface area contributed by atoms with E-state index in [4.69, 9.17) is 15.8 Å². The third-order valence-electron chi connectivity index (χ3n) is 5.01. The number of nitrogens with two attached hydrogens (primary N) is 1. The molecular formula is C21H20N7OS+. The highest BCUT2D eigenvalue weighted by atomic mass is 32.2. The molecule has 0 spiro atoms. The number of H-pyrrole nitrogens is 1. The number of nitrogens with zero attached hydrogens (tertiary/aromatic N) is 5. The second-order valence-corrected chi connectivity index (χ2v) is 8.00. The molecule has 3 aromatic heterocycles. The maximum atomic E-state index is 11.3. The number of aromatic nitrogens is 6. The summed E-state index contributed by atoms with van der Waals surface area (Å²) in [4.78, 5) is 24.1. The Morgan fingerprint density at radius 1 is 1.17 bits per heavy atom. The molecule has 3 N–H and O–H groups in total. The zero-order chi connectivity index (χ0) is 20.7. The molecule has 2 aromatic carbocycles. The van der Waals surface area contributed by atoms with Gasteiger partial charge in [-0.1, -0.05) is 36.0 Å². The first kappa shape index (κ1) is 18.6. The largest absolute Gasteiger partial charge is 0.369 e. The number of carbonyl (C=O) groups is 1. The minimum Gasteiger partial charge on any atom is -0.369 e. The van der Waals surface area contributed by atoms with Crippen molar-refractivity contribution >= 4 is 45.3 Å². The molecule has 1 amide bonds. The van der Waals surface area contributed by atoms with Crippen LogP contribution in [0.25, 0.3) is 27.6 Å². The Morgan fingerprint density at radius 3 is 2.83 bits per heavy atom. The minimum atomic E-state index is -0.394. The van der Waals surface area contributed by atoms with Gasteiger partial charge in [0.2, 0.25) is 5.91 Å². The number of hydrogen-bond donors (Lipinski definition) is 2. The van der Waals surface area contributed by atoms with Gasteiger partial charge < -0.3 is 5.73 Å². The lowest BCUT2D eigenvalue weighted by Crippen LogP contribution is -2.36. The molecule has 5 rings (SSSR count). The van der Waals surface area contributed by atoms with Crippen LogP contribution in [-0.4, -0.2) is 36.2 Å². The van der Waals surface area contributed by atoms with Crippen LogP contribution < -0.4 is 10.3 Å². The van der Waals surface area contributed by atoms with Crippen LogP contribution in [0.5, 0.6) is 0 Å². The molecule has 0 saturated carbocycles. The number of para-hydroxylation sites is 3. The summed E-state index contributed by atoms with van der Waals surface area (Å²) in [7, 11) is 0. The van der Waals surface area contributed by atoms with Gasteiger partial charge in [0, 0.05) is 18.7 Å². The Kier molecular flexibility index (Phi) is 4.59. The van der Waals surface area contributed by atoms with Gasteiger partial charge in [0.15, 0.2) is 27.7 Å². The molecule has 5 aromatic rings. The van der Waals surface area contributed by atoms with Crippen molar-refractivity contribution in [3.05, 3.63) is 60.2 Å². The molecule has 0 fully saturated rings. The van der Waals surface area contributed by atoms with E-state index in [9.17, 15) is 4.79 Å². The smallest absolute Gasteiger partial charge is 0.251 e. The second-order valence-electron chi connectivity index (χ2n) is 7.06. The van der Waals surface area contributed by atoms with Gasteiger partial charge in [0.25, 0.3) is 5.82 Å². The number of primary amides is 1. The highest BCUT2D eigenvalue weighted by molar-refractivity contribution is 7.99. The summed E-state index contributed by atoms with van der Waals surface area (Å²) in [6.07, 6.45) is 0.670. The van der Waals surface area contributed by atoms with E-state index in [0.717, 1.165) is 45.8 Å². The Balaban J connectivity index is 1.53. The van der Waals surface area contributed by atoms with Crippen LogP contribution in [0.15, 0.2) is 53.7 Å². The van der Waals surface area contributed by atoms with E-state index in [1.54, 1.807) is 4.52 Å². The lowest BCUT2D eigenvalue weighted by Gasteiger charge is -2.04. The summed E-state index contributed by atoms with van der Waals surface area (Å²) in [6, 6.07) is 16.0. The molecule has 0 bridgehead atoms. The maximum Gasteiger partial charge on any atom is 0.251 e. The molecular weight excluding hydrogens is 398 g/mol. The summed E-state index contributed by atoms with van der Waals surface area (Å²) >= 11 is 1.27. The summed E-state index contributed by atoms with van der Waals surface area (Å²) < 4.78 is 3.96. The zero-order valence-corrected chi connectivity index (χ0v) is 17.2. The monoisotopic (exact) mass is 418 g/mol. The number of nitrogens with one attached hydrogen (secondary N) is 1. The molecule has 0 saturated heterocycles. The third kappa shape index (κ3) is 3.26. The molecule has 3 heterocycles. The van der Waals surface area contributed by atoms with Crippen LogP contribution in [0.2, 0.25) is 0 Å². The topological polar surface area (TPSA) is 106 Å². The SMILES string of the molecule is Cc1[nH]c2ccccc2[n+]1CCc1nc2c3ccccc3nc(SCC(N)=O)n2n1. The van der Waals surface area contributed by atoms with E-state index in [0.29, 0.717) is 11.6 Å². The first-order valence-electron chi connectivity index (χ1n) is 9.63. The van der Waals surface area contributed by atoms with Crippen LogP contribution in [-0.2, 0) is 17.8 Å². The van der Waals surface area contributed by atoms with Gasteiger partial charge >= 0.3 is 0 Å². The lowest BCUT2D eigenvalue weighted by atomic mass is 10.2. The number of rotatable bonds is 6. The van der Waals surface area contributed by atoms with Crippen molar-refractivity contribution in [2.24, 2.45) is 5.73 Å². The lowest BCUT2D eigenvalue weighted by molar-refractivity contribution is -0.677. The fourth-order valence-corrected chi connectivity index (χ4v) is 4.35. The van der Waals surface area contributed by atoms with Crippen LogP contribution in [0.1, 0.15) is 11.6 Å². The number of aryl methyl sites for hydroxylation is 3. The maximum absolute atomic E-state index is 11.3. The van der Waals surface area contributed by atoms with E-state index in [-0.39, 0.29) is 5.75 Å². The Labute approximate surface area is 176 Å². The van der Waals surface area contributed by atoms with Crippen molar-refractivity contribution in [1.82, 2.24) is 24.6 Å². The standard InChI is InChI=1S/C21H19N7OS/c1-13-23-16-8-4-5-9-17(16)27(13)11-10-19-25-20-14-6-2-3-7-15(14)24-21(28(20)26-19)30-12-18(22)29/h2-9H,10-12H2,1H3,(H2,22,29)/p+1. The van der Waals surface area contributed by atoms with Crippen molar-refractivity contribution in [1.29, 1.82) is 0 Å². The van der Waals surface area contributed by atoms with Crippen molar-refractivity contribution in [2.75, 3.05) is 5.75 Å². The molecule has 0 aliphatic rings. The fraction of sp³-hybridized carbons (Fsp3) is 0.190. The Bertz CT molecular complexity index is 1410. The number of imidazole rings is 1. The molecule has 9 heteroatoms. The second kappa shape index (κ2) is 7.42. The quantitative estimate of drug-likeness (QED) is 0.250. The molecule has 0 aliphatic carbocycles. The number of carbonyl (C=O) groups excluding carboxylic acids is 1. The molecule has 8 nitrogen and oxygen atoms in total. The van der Waals surface area contributed by atoms with Crippen LogP contribution in [0.3, 0.4) is 0 Å². The average Bonchev–Trinajstić information content (AvgIpc) is 3.31. The number of thioether (sulfide) groups is 1. The van der Waals surface area contributed by atoms with Crippen LogP contribution in [0, 0.1) is 6.92 Å². The van der Waals surface area contributed by atoms with E-state index in [2.05, 4.69) is 33.6 Å². The van der Waals surface area contributed by atoms with Gasteiger partial charge in [-0.25, -0.2) is 19.5 Å². The summed E-state index contributed by atoms with van der Waals surface area (Å²) in [5.74, 6) is 1.56. The van der Waals surface area contributed by atoms with E-state index in [1.807, 2.05) is 36.4 Å². The predicted molar refractivity (Wildman–Crippen MR) is 115 cm³/mol. The van der Waals surface area contributed by atoms with Gasteiger partial charge in [-0.2, -0.15) is 4.52 Å². The molecule has 30 heavy (non-hydrogen) atoms. The third-order valence-corrected chi connectivity index (χ3v) is 5.96. The fourth-order valence-electron chi connectivity index (χ4n) is 3.67. The van der Waals surface area contributed by atoms with Crippen LogP contribution in [0.4, 0.5) is 0 Å². The molecule has 0 aliphatic heterocycles. The molecule has 0 unspecified atom stereocenters. The Morgan fingerprint density at radius 2 is 1.97 bits per heavy atom. The summed E-state index contributed by atoms with van der Waals surface area (Å²) in [6.45, 7) is 2.81. The molecule has 0 radical (unpaired) electrons. The molecule has 0 atom stereocenters. The number of benzene rings is 2. The van der Waals surface area contributed by atoms with E-state index < -0.39 is 5.91 Å². The highest BCUT2D eigenvalue weighted by Crippen LogP contribution is 2.23. The summed E-state index contributed by atoms with van der Waals surface area (Å²) in [5, 5.41) is 6.23. The average molecular weight is 419 g/mol. The number of fused-ring (bicyclic) bond motifs is 4. The van der Waals surface area contributed by atoms with E-state index >= 15 is 0 Å². The van der Waals surface area contributed by atoms with Crippen molar-refractivity contribution < 1.29 is 9.36 Å². The van der Waals surface area contributed by atoms with E-state index in [1.165, 1.54) is 11.8 Å². The van der Waals surface area contributed by atoms with Crippen molar-refractivity contribution in [3.63, 3.8) is 0 Å². The van der Waals surface area contributed by atoms with Gasteiger partial charge in [0.05, 0.1) is 17.8 Å². The number of hydrogen-bond acceptors (Lipinski definition) is 5. The van der Waals surface area contributed by atoms with Gasteiger partial charge in [0.1, 0.15) is 0 Å². The first-order chi connectivity index (χ1) is 14.6. The Hall–Kier alpha value is -3.46. The number of aromatic amines is 1. The zero-order valence-electron chi connectivity index (χ0n) is 16.4. The number of amides is 1. The first-order valence-corrected chi connectivity index (χ1v) is 10.6. The minimum absolute atomic E-state index is 0.139. The van der Waals surface area contributed by atoms with Crippen molar-refractivity contribution in [2.45, 2.75) is 25.0 Å². The molecule has 150 valence electrons. The van der Waals surface area contributed by atoms with Gasteiger partial charge in [-0.3, -0.25) is 4.79 Å². The van der Waals surface area contributed by atoms with Crippen LogP contribution >= 0.6 is 11.8 Å². The predicted octanol–water partition coefficient (Wildman–Crippen LogP) is 2.17. The highest BCUT2D eigenvalue weighted by Gasteiger charge is 2.17.